The van der Waals surface area contributed by atoms with E-state index in [9.17, 15) is 4.79 Å². The van der Waals surface area contributed by atoms with Gasteiger partial charge in [0.25, 0.3) is 0 Å². The number of ether oxygens (including phenoxy) is 1. The van der Waals surface area contributed by atoms with Gasteiger partial charge < -0.3 is 9.30 Å². The standard InChI is InChI=1S/C13H16N2O2S/c1-10-13(18-9-14-10)4-6-17-8-12(16)11-3-5-15(2)7-11/h3,5,7,9H,4,6,8H2,1-2H3. The van der Waals surface area contributed by atoms with Crippen LogP contribution in [0.15, 0.2) is 24.0 Å². The van der Waals surface area contributed by atoms with E-state index in [1.807, 2.05) is 30.2 Å². The Morgan fingerprint density at radius 1 is 1.56 bits per heavy atom. The van der Waals surface area contributed by atoms with Gasteiger partial charge in [0.05, 0.1) is 17.8 Å². The number of Topliss-reactive ketones (excluding diaryl/α,β-unsaturated/α-hetero) is 1. The van der Waals surface area contributed by atoms with Crippen LogP contribution in [0.5, 0.6) is 0 Å². The SMILES string of the molecule is Cc1ncsc1CCOCC(=O)c1ccn(C)c1. The molecule has 0 unspecified atom stereocenters. The maximum atomic E-state index is 11.7. The first-order chi connectivity index (χ1) is 8.66. The molecular formula is C13H16N2O2S. The van der Waals surface area contributed by atoms with Crippen molar-refractivity contribution in [2.75, 3.05) is 13.2 Å². The van der Waals surface area contributed by atoms with Gasteiger partial charge >= 0.3 is 0 Å². The summed E-state index contributed by atoms with van der Waals surface area (Å²) in [5, 5.41) is 0. The summed E-state index contributed by atoms with van der Waals surface area (Å²) < 4.78 is 7.26. The molecule has 5 heteroatoms. The Morgan fingerprint density at radius 2 is 2.39 bits per heavy atom. The van der Waals surface area contributed by atoms with Gasteiger partial charge in [0, 0.05) is 36.3 Å². The van der Waals surface area contributed by atoms with Gasteiger partial charge in [-0.2, -0.15) is 0 Å². The molecule has 0 saturated carbocycles. The molecule has 0 bridgehead atoms. The molecule has 0 spiro atoms. The van der Waals surface area contributed by atoms with Gasteiger partial charge in [0.15, 0.2) is 5.78 Å². The van der Waals surface area contributed by atoms with E-state index >= 15 is 0 Å². The van der Waals surface area contributed by atoms with Crippen LogP contribution in [0, 0.1) is 6.92 Å². The number of carbonyl (C=O) groups is 1. The van der Waals surface area contributed by atoms with Crippen LogP contribution in [-0.4, -0.2) is 28.5 Å². The number of carbonyl (C=O) groups excluding carboxylic acids is 1. The summed E-state index contributed by atoms with van der Waals surface area (Å²) in [6, 6.07) is 1.80. The Labute approximate surface area is 110 Å². The van der Waals surface area contributed by atoms with Crippen molar-refractivity contribution in [1.29, 1.82) is 0 Å². The summed E-state index contributed by atoms with van der Waals surface area (Å²) in [7, 11) is 1.89. The van der Waals surface area contributed by atoms with Crippen molar-refractivity contribution in [3.63, 3.8) is 0 Å². The molecule has 2 aromatic rings. The lowest BCUT2D eigenvalue weighted by molar-refractivity contribution is 0.0766. The van der Waals surface area contributed by atoms with E-state index in [1.165, 1.54) is 4.88 Å². The second-order valence-electron chi connectivity index (χ2n) is 4.15. The molecule has 0 atom stereocenters. The Hall–Kier alpha value is -1.46. The zero-order valence-electron chi connectivity index (χ0n) is 10.5. The summed E-state index contributed by atoms with van der Waals surface area (Å²) in [6.45, 7) is 2.68. The van der Waals surface area contributed by atoms with Crippen LogP contribution in [0.4, 0.5) is 0 Å². The molecule has 96 valence electrons. The van der Waals surface area contributed by atoms with Gasteiger partial charge in [0.1, 0.15) is 6.61 Å². The molecule has 4 nitrogen and oxygen atoms in total. The van der Waals surface area contributed by atoms with E-state index in [-0.39, 0.29) is 12.4 Å². The lowest BCUT2D eigenvalue weighted by Crippen LogP contribution is -2.10. The van der Waals surface area contributed by atoms with Crippen LogP contribution in [0.2, 0.25) is 0 Å². The summed E-state index contributed by atoms with van der Waals surface area (Å²) in [5.74, 6) is 0.0247. The van der Waals surface area contributed by atoms with E-state index in [0.29, 0.717) is 12.2 Å². The quantitative estimate of drug-likeness (QED) is 0.593. The molecule has 0 amide bonds. The maximum absolute atomic E-state index is 11.7. The van der Waals surface area contributed by atoms with Gasteiger partial charge in [-0.1, -0.05) is 0 Å². The summed E-state index contributed by atoms with van der Waals surface area (Å²) in [5.41, 5.74) is 3.59. The minimum atomic E-state index is 0.0247. The first kappa shape index (κ1) is 13.0. The molecule has 0 radical (unpaired) electrons. The van der Waals surface area contributed by atoms with Crippen LogP contribution in [0.3, 0.4) is 0 Å². The molecule has 2 heterocycles. The lowest BCUT2D eigenvalue weighted by atomic mass is 10.2. The van der Waals surface area contributed by atoms with Gasteiger partial charge in [0.2, 0.25) is 0 Å². The van der Waals surface area contributed by atoms with Gasteiger partial charge in [-0.15, -0.1) is 11.3 Å². The minimum Gasteiger partial charge on any atom is -0.373 e. The second-order valence-corrected chi connectivity index (χ2v) is 5.09. The molecule has 2 aromatic heterocycles. The monoisotopic (exact) mass is 264 g/mol. The number of ketones is 1. The number of hydrogen-bond donors (Lipinski definition) is 0. The highest BCUT2D eigenvalue weighted by Gasteiger charge is 2.07. The summed E-state index contributed by atoms with van der Waals surface area (Å²) >= 11 is 1.63. The molecule has 0 aliphatic rings. The van der Waals surface area contributed by atoms with Gasteiger partial charge in [-0.3, -0.25) is 4.79 Å². The maximum Gasteiger partial charge on any atom is 0.189 e. The third-order valence-corrected chi connectivity index (χ3v) is 3.70. The fraction of sp³-hybridized carbons (Fsp3) is 0.385. The molecule has 0 saturated heterocycles. The summed E-state index contributed by atoms with van der Waals surface area (Å²) in [6.07, 6.45) is 4.48. The topological polar surface area (TPSA) is 44.1 Å². The van der Waals surface area contributed by atoms with Crippen molar-refractivity contribution in [2.45, 2.75) is 13.3 Å². The first-order valence-electron chi connectivity index (χ1n) is 5.78. The average molecular weight is 264 g/mol. The van der Waals surface area contributed by atoms with Crippen LogP contribution in [0.1, 0.15) is 20.9 Å². The highest BCUT2D eigenvalue weighted by Crippen LogP contribution is 2.12. The van der Waals surface area contributed by atoms with Gasteiger partial charge in [-0.25, -0.2) is 4.98 Å². The number of aryl methyl sites for hydroxylation is 2. The Morgan fingerprint density at radius 3 is 3.00 bits per heavy atom. The van der Waals surface area contributed by atoms with E-state index in [0.717, 1.165) is 12.1 Å². The molecule has 0 aliphatic carbocycles. The zero-order valence-corrected chi connectivity index (χ0v) is 11.4. The largest absolute Gasteiger partial charge is 0.373 e. The van der Waals surface area contributed by atoms with Crippen molar-refractivity contribution >= 4 is 17.1 Å². The number of rotatable bonds is 6. The summed E-state index contributed by atoms with van der Waals surface area (Å²) in [4.78, 5) is 17.1. The predicted molar refractivity (Wildman–Crippen MR) is 71.1 cm³/mol. The lowest BCUT2D eigenvalue weighted by Gasteiger charge is -2.02. The fourth-order valence-electron chi connectivity index (χ4n) is 1.65. The van der Waals surface area contributed by atoms with E-state index < -0.39 is 0 Å². The van der Waals surface area contributed by atoms with Crippen molar-refractivity contribution < 1.29 is 9.53 Å². The van der Waals surface area contributed by atoms with Crippen LogP contribution in [0.25, 0.3) is 0 Å². The first-order valence-corrected chi connectivity index (χ1v) is 6.66. The van der Waals surface area contributed by atoms with Crippen molar-refractivity contribution in [3.05, 3.63) is 40.1 Å². The normalized spacial score (nSPS) is 10.8. The van der Waals surface area contributed by atoms with Gasteiger partial charge in [-0.05, 0) is 13.0 Å². The highest BCUT2D eigenvalue weighted by molar-refractivity contribution is 7.09. The van der Waals surface area contributed by atoms with Crippen molar-refractivity contribution in [2.24, 2.45) is 7.05 Å². The third kappa shape index (κ3) is 3.27. The molecular weight excluding hydrogens is 248 g/mol. The van der Waals surface area contributed by atoms with Crippen LogP contribution >= 0.6 is 11.3 Å². The average Bonchev–Trinajstić information content (AvgIpc) is 2.94. The van der Waals surface area contributed by atoms with E-state index in [1.54, 1.807) is 23.6 Å². The smallest absolute Gasteiger partial charge is 0.189 e. The number of hydrogen-bond acceptors (Lipinski definition) is 4. The minimum absolute atomic E-state index is 0.0247. The van der Waals surface area contributed by atoms with Crippen LogP contribution in [-0.2, 0) is 18.2 Å². The van der Waals surface area contributed by atoms with Crippen LogP contribution < -0.4 is 0 Å². The number of nitrogens with zero attached hydrogens (tertiary/aromatic N) is 2. The van der Waals surface area contributed by atoms with E-state index in [2.05, 4.69) is 4.98 Å². The van der Waals surface area contributed by atoms with Crippen molar-refractivity contribution in [1.82, 2.24) is 9.55 Å². The Kier molecular flexibility index (Phi) is 4.28. The molecule has 0 fully saturated rings. The molecule has 18 heavy (non-hydrogen) atoms. The molecule has 0 aromatic carbocycles. The molecule has 0 aliphatic heterocycles. The Balaban J connectivity index is 1.73. The number of thiazole rings is 1. The fourth-order valence-corrected chi connectivity index (χ4v) is 2.41. The Bertz CT molecular complexity index is 531. The third-order valence-electron chi connectivity index (χ3n) is 2.71. The highest BCUT2D eigenvalue weighted by atomic mass is 32.1. The number of aromatic nitrogens is 2. The molecule has 2 rings (SSSR count). The predicted octanol–water partition coefficient (Wildman–Crippen LogP) is 2.23. The van der Waals surface area contributed by atoms with E-state index in [4.69, 9.17) is 4.74 Å². The second kappa shape index (κ2) is 5.93. The van der Waals surface area contributed by atoms with Crippen molar-refractivity contribution in [3.8, 4) is 0 Å². The molecule has 0 N–H and O–H groups in total. The zero-order chi connectivity index (χ0) is 13.0.